The van der Waals surface area contributed by atoms with E-state index < -0.39 is 17.2 Å². The van der Waals surface area contributed by atoms with Crippen LogP contribution in [0.1, 0.15) is 33.1 Å². The summed E-state index contributed by atoms with van der Waals surface area (Å²) in [6.45, 7) is 3.31. The fourth-order valence-corrected chi connectivity index (χ4v) is 5.32. The number of amides is 1. The Labute approximate surface area is 184 Å². The smallest absolute Gasteiger partial charge is 0.342 e. The zero-order valence-electron chi connectivity index (χ0n) is 16.9. The topological polar surface area (TPSA) is 135 Å². The lowest BCUT2D eigenvalue weighted by atomic mass is 10.1. The number of pyridine rings is 1. The maximum atomic E-state index is 15.0. The Morgan fingerprint density at radius 3 is 2.59 bits per heavy atom. The molecule has 0 saturated carbocycles. The molecule has 2 aliphatic rings. The first-order chi connectivity index (χ1) is 15.3. The third-order valence-corrected chi connectivity index (χ3v) is 6.91. The summed E-state index contributed by atoms with van der Waals surface area (Å²) in [4.78, 5) is 44.1. The zero-order valence-corrected chi connectivity index (χ0v) is 17.7. The van der Waals surface area contributed by atoms with E-state index in [1.807, 2.05) is 6.92 Å². The number of aromatic nitrogens is 2. The number of nitrogens with zero attached hydrogens (tertiary/aromatic N) is 4. The van der Waals surface area contributed by atoms with Gasteiger partial charge in [-0.3, -0.25) is 9.59 Å². The van der Waals surface area contributed by atoms with Crippen molar-refractivity contribution in [2.45, 2.75) is 17.3 Å². The standard InChI is InChI=1S/C20H18FN5O5S/c1-9-26-13-7-14(11(21)6-10(13)16(27)15(19(29)30)18(26)32-9)24-2-4-25(5-3-24)17(28)12-8-31-20(22)23-12/h6-9H,2-5H2,1H3,(H2,22,23)(H,29,30). The number of carbonyl (C=O) groups is 2. The summed E-state index contributed by atoms with van der Waals surface area (Å²) in [5.41, 5.74) is 5.32. The number of hydrogen-bond acceptors (Lipinski definition) is 8. The van der Waals surface area contributed by atoms with Crippen molar-refractivity contribution in [3.8, 4) is 0 Å². The number of carboxylic acid groups (broad SMARTS) is 1. The highest BCUT2D eigenvalue weighted by Gasteiger charge is 2.34. The van der Waals surface area contributed by atoms with Gasteiger partial charge in [-0.2, -0.15) is 4.98 Å². The minimum Gasteiger partial charge on any atom is -0.477 e. The number of piperazine rings is 1. The van der Waals surface area contributed by atoms with Crippen LogP contribution in [0.3, 0.4) is 0 Å². The van der Waals surface area contributed by atoms with Crippen molar-refractivity contribution in [1.82, 2.24) is 14.5 Å². The molecule has 1 amide bonds. The molecule has 1 unspecified atom stereocenters. The summed E-state index contributed by atoms with van der Waals surface area (Å²) in [5.74, 6) is -2.25. The van der Waals surface area contributed by atoms with E-state index >= 15 is 4.39 Å². The van der Waals surface area contributed by atoms with Gasteiger partial charge >= 0.3 is 5.97 Å². The number of nitrogens with two attached hydrogens (primary N) is 1. The second-order valence-corrected chi connectivity index (χ2v) is 8.88. The molecule has 2 aliphatic heterocycles. The van der Waals surface area contributed by atoms with Crippen LogP contribution in [0, 0.1) is 5.82 Å². The highest BCUT2D eigenvalue weighted by atomic mass is 32.2. The number of nitrogen functional groups attached to an aromatic ring is 1. The van der Waals surface area contributed by atoms with Crippen LogP contribution in [0.2, 0.25) is 0 Å². The van der Waals surface area contributed by atoms with Crippen LogP contribution < -0.4 is 16.1 Å². The van der Waals surface area contributed by atoms with Gasteiger partial charge in [-0.05, 0) is 19.1 Å². The van der Waals surface area contributed by atoms with Gasteiger partial charge < -0.3 is 29.6 Å². The number of hydrogen-bond donors (Lipinski definition) is 2. The molecule has 32 heavy (non-hydrogen) atoms. The number of benzene rings is 1. The van der Waals surface area contributed by atoms with Gasteiger partial charge in [-0.15, -0.1) is 0 Å². The van der Waals surface area contributed by atoms with Gasteiger partial charge in [-0.25, -0.2) is 9.18 Å². The molecule has 12 heteroatoms. The molecular weight excluding hydrogens is 441 g/mol. The van der Waals surface area contributed by atoms with Crippen LogP contribution in [0.15, 0.2) is 32.6 Å². The molecule has 10 nitrogen and oxygen atoms in total. The molecule has 2 aromatic heterocycles. The van der Waals surface area contributed by atoms with Crippen molar-refractivity contribution < 1.29 is 23.5 Å². The molecule has 3 N–H and O–H groups in total. The molecule has 1 aromatic carbocycles. The largest absolute Gasteiger partial charge is 0.477 e. The molecule has 0 spiro atoms. The quantitative estimate of drug-likeness (QED) is 0.603. The van der Waals surface area contributed by atoms with Crippen molar-refractivity contribution in [3.05, 3.63) is 45.7 Å². The van der Waals surface area contributed by atoms with Crippen LogP contribution >= 0.6 is 11.8 Å². The SMILES string of the molecule is CC1Sc2c(C(=O)O)c(=O)c3cc(F)c(N4CCN(C(=O)c5coc(N)n5)CC4)cc3n21. The molecule has 0 aliphatic carbocycles. The molecule has 166 valence electrons. The Balaban J connectivity index is 1.46. The van der Waals surface area contributed by atoms with Crippen LogP contribution in [-0.4, -0.2) is 57.6 Å². The van der Waals surface area contributed by atoms with E-state index in [4.69, 9.17) is 10.2 Å². The number of oxazole rings is 1. The van der Waals surface area contributed by atoms with E-state index in [-0.39, 0.29) is 33.9 Å². The fraction of sp³-hybridized carbons (Fsp3) is 0.300. The number of carboxylic acids is 1. The summed E-state index contributed by atoms with van der Waals surface area (Å²) >= 11 is 1.29. The minimum absolute atomic E-state index is 0.0389. The Bertz CT molecular complexity index is 1340. The Kier molecular flexibility index (Phi) is 4.62. The van der Waals surface area contributed by atoms with E-state index in [0.29, 0.717) is 42.4 Å². The van der Waals surface area contributed by atoms with E-state index in [2.05, 4.69) is 4.98 Å². The molecule has 1 fully saturated rings. The van der Waals surface area contributed by atoms with Gasteiger partial charge in [0.25, 0.3) is 11.9 Å². The Morgan fingerprint density at radius 2 is 2.00 bits per heavy atom. The molecule has 3 aromatic rings. The molecule has 5 rings (SSSR count). The Morgan fingerprint density at radius 1 is 1.28 bits per heavy atom. The summed E-state index contributed by atoms with van der Waals surface area (Å²) in [6.07, 6.45) is 1.20. The average Bonchev–Trinajstić information content (AvgIpc) is 3.19. The number of rotatable bonds is 3. The number of anilines is 2. The van der Waals surface area contributed by atoms with Crippen molar-refractivity contribution in [1.29, 1.82) is 0 Å². The van der Waals surface area contributed by atoms with Gasteiger partial charge in [0.15, 0.2) is 5.69 Å². The molecule has 0 radical (unpaired) electrons. The van der Waals surface area contributed by atoms with Gasteiger partial charge in [0.2, 0.25) is 5.43 Å². The summed E-state index contributed by atoms with van der Waals surface area (Å²) in [5, 5.41) is 9.79. The first kappa shape index (κ1) is 20.4. The molecule has 4 heterocycles. The summed E-state index contributed by atoms with van der Waals surface area (Å²) in [6, 6.07) is 2.61. The predicted octanol–water partition coefficient (Wildman–Crippen LogP) is 2.00. The zero-order chi connectivity index (χ0) is 22.7. The van der Waals surface area contributed by atoms with Crippen molar-refractivity contribution in [2.24, 2.45) is 0 Å². The average molecular weight is 459 g/mol. The number of carbonyl (C=O) groups excluding carboxylic acids is 1. The number of halogens is 1. The molecule has 0 bridgehead atoms. The highest BCUT2D eigenvalue weighted by molar-refractivity contribution is 8.00. The number of thioether (sulfide) groups is 1. The van der Waals surface area contributed by atoms with Crippen molar-refractivity contribution in [3.63, 3.8) is 0 Å². The number of fused-ring (bicyclic) bond motifs is 3. The van der Waals surface area contributed by atoms with Gasteiger partial charge in [-0.1, -0.05) is 11.8 Å². The van der Waals surface area contributed by atoms with Crippen molar-refractivity contribution in [2.75, 3.05) is 36.8 Å². The van der Waals surface area contributed by atoms with Crippen LogP contribution in [0.4, 0.5) is 16.1 Å². The fourth-order valence-electron chi connectivity index (χ4n) is 4.16. The van der Waals surface area contributed by atoms with E-state index in [0.717, 1.165) is 6.07 Å². The van der Waals surface area contributed by atoms with E-state index in [9.17, 15) is 19.5 Å². The highest BCUT2D eigenvalue weighted by Crippen LogP contribution is 2.46. The lowest BCUT2D eigenvalue weighted by Gasteiger charge is -2.37. The molecular formula is C20H18FN5O5S. The van der Waals surface area contributed by atoms with Crippen LogP contribution in [-0.2, 0) is 0 Å². The van der Waals surface area contributed by atoms with Gasteiger partial charge in [0.1, 0.15) is 17.6 Å². The lowest BCUT2D eigenvalue weighted by Crippen LogP contribution is -2.49. The third kappa shape index (κ3) is 3.01. The minimum atomic E-state index is -1.32. The summed E-state index contributed by atoms with van der Waals surface area (Å²) < 4.78 is 21.7. The monoisotopic (exact) mass is 459 g/mol. The van der Waals surface area contributed by atoms with Gasteiger partial charge in [0.05, 0.1) is 21.6 Å². The van der Waals surface area contributed by atoms with Gasteiger partial charge in [0, 0.05) is 31.6 Å². The first-order valence-corrected chi connectivity index (χ1v) is 10.7. The van der Waals surface area contributed by atoms with Crippen LogP contribution in [0.5, 0.6) is 0 Å². The Hall–Kier alpha value is -3.54. The predicted molar refractivity (Wildman–Crippen MR) is 115 cm³/mol. The normalized spacial score (nSPS) is 17.9. The maximum absolute atomic E-state index is 15.0. The lowest BCUT2D eigenvalue weighted by molar-refractivity contribution is 0.0687. The second kappa shape index (κ2) is 7.26. The maximum Gasteiger partial charge on any atom is 0.342 e. The molecule has 1 saturated heterocycles. The van der Waals surface area contributed by atoms with E-state index in [1.54, 1.807) is 20.4 Å². The number of aromatic carboxylic acids is 1. The van der Waals surface area contributed by atoms with Crippen LogP contribution in [0.25, 0.3) is 10.9 Å². The molecule has 1 atom stereocenters. The summed E-state index contributed by atoms with van der Waals surface area (Å²) in [7, 11) is 0. The van der Waals surface area contributed by atoms with E-state index in [1.165, 1.54) is 18.0 Å². The van der Waals surface area contributed by atoms with Crippen molar-refractivity contribution >= 4 is 46.2 Å². The third-order valence-electron chi connectivity index (χ3n) is 5.74. The first-order valence-electron chi connectivity index (χ1n) is 9.83. The second-order valence-electron chi connectivity index (χ2n) is 7.57.